The summed E-state index contributed by atoms with van der Waals surface area (Å²) in [6, 6.07) is 8.57. The Bertz CT molecular complexity index is 1680. The van der Waals surface area contributed by atoms with Crippen LogP contribution in [0.15, 0.2) is 64.5 Å². The molecule has 1 aromatic heterocycles. The second-order valence-corrected chi connectivity index (χ2v) is 10.0. The highest BCUT2D eigenvalue weighted by Crippen LogP contribution is 2.26. The molecule has 11 heteroatoms. The van der Waals surface area contributed by atoms with Crippen LogP contribution in [0.3, 0.4) is 0 Å². The van der Waals surface area contributed by atoms with E-state index in [9.17, 15) is 23.2 Å². The summed E-state index contributed by atoms with van der Waals surface area (Å²) in [6.45, 7) is 6.02. The lowest BCUT2D eigenvalue weighted by Gasteiger charge is -2.24. The highest BCUT2D eigenvalue weighted by molar-refractivity contribution is 6.30. The van der Waals surface area contributed by atoms with E-state index in [1.807, 2.05) is 0 Å². The zero-order valence-electron chi connectivity index (χ0n) is 23.0. The normalized spacial score (nSPS) is 16.9. The Morgan fingerprint density at radius 3 is 2.76 bits per heavy atom. The molecule has 1 aliphatic rings. The molecule has 2 aromatic carbocycles. The lowest BCUT2D eigenvalue weighted by Crippen LogP contribution is -2.46. The van der Waals surface area contributed by atoms with E-state index in [-0.39, 0.29) is 42.4 Å². The molecule has 0 spiro atoms. The Morgan fingerprint density at radius 1 is 1.26 bits per heavy atom. The van der Waals surface area contributed by atoms with Crippen LogP contribution in [0.2, 0.25) is 5.02 Å². The first-order valence-corrected chi connectivity index (χ1v) is 13.4. The first-order chi connectivity index (χ1) is 20.1. The number of likely N-dealkylation sites (tertiary alicyclic amines) is 1. The maximum Gasteiger partial charge on any atom is 0.243 e. The van der Waals surface area contributed by atoms with Crippen LogP contribution < -0.4 is 5.32 Å². The SMILES string of the molecule is C=N/C(C#Cc1ccc2c(c1)c(C(C)=O)cn2CC(=O)N1C[C@H](F)C[C@H]1C(=O)NCc1cccc(Cl)c1F)=C\N=C/C. The van der Waals surface area contributed by atoms with Gasteiger partial charge in [-0.3, -0.25) is 24.4 Å². The van der Waals surface area contributed by atoms with E-state index in [2.05, 4.69) is 33.9 Å². The number of benzene rings is 2. The van der Waals surface area contributed by atoms with Crippen molar-refractivity contribution in [2.24, 2.45) is 9.98 Å². The fraction of sp³-hybridized carbons (Fsp3) is 0.258. The summed E-state index contributed by atoms with van der Waals surface area (Å²) in [7, 11) is 0. The number of carbonyl (C=O) groups excluding carboxylic acids is 3. The molecule has 2 amide bonds. The molecule has 8 nitrogen and oxygen atoms in total. The number of carbonyl (C=O) groups is 3. The highest BCUT2D eigenvalue weighted by atomic mass is 35.5. The van der Waals surface area contributed by atoms with Crippen molar-refractivity contribution < 1.29 is 23.2 Å². The van der Waals surface area contributed by atoms with Crippen molar-refractivity contribution >= 4 is 53.0 Å². The fourth-order valence-electron chi connectivity index (χ4n) is 4.71. The van der Waals surface area contributed by atoms with Gasteiger partial charge < -0.3 is 14.8 Å². The van der Waals surface area contributed by atoms with E-state index in [1.54, 1.807) is 48.2 Å². The van der Waals surface area contributed by atoms with Crippen LogP contribution >= 0.6 is 11.6 Å². The third-order valence-electron chi connectivity index (χ3n) is 6.77. The maximum absolute atomic E-state index is 14.5. The molecule has 3 aromatic rings. The molecular formula is C31H28ClF2N5O3. The van der Waals surface area contributed by atoms with Crippen LogP contribution in [0.5, 0.6) is 0 Å². The van der Waals surface area contributed by atoms with Gasteiger partial charge in [-0.15, -0.1) is 0 Å². The topological polar surface area (TPSA) is 96.1 Å². The number of nitrogens with zero attached hydrogens (tertiary/aromatic N) is 4. The number of halogens is 3. The molecule has 0 bridgehead atoms. The van der Waals surface area contributed by atoms with Gasteiger partial charge >= 0.3 is 0 Å². The summed E-state index contributed by atoms with van der Waals surface area (Å²) in [5.74, 6) is 3.88. The van der Waals surface area contributed by atoms with Gasteiger partial charge in [0.15, 0.2) is 5.78 Å². The Morgan fingerprint density at radius 2 is 2.05 bits per heavy atom. The number of rotatable bonds is 8. The molecule has 216 valence electrons. The van der Waals surface area contributed by atoms with Gasteiger partial charge in [-0.05, 0) is 50.8 Å². The average molecular weight is 592 g/mol. The van der Waals surface area contributed by atoms with Crippen molar-refractivity contribution in [3.05, 3.63) is 82.0 Å². The molecule has 2 atom stereocenters. The molecular weight excluding hydrogens is 564 g/mol. The Kier molecular flexibility index (Phi) is 9.65. The molecule has 0 aliphatic carbocycles. The molecule has 1 fully saturated rings. The minimum absolute atomic E-state index is 0.0802. The van der Waals surface area contributed by atoms with Gasteiger partial charge in [0.1, 0.15) is 30.3 Å². The molecule has 4 rings (SSSR count). The molecule has 1 saturated heterocycles. The number of fused-ring (bicyclic) bond motifs is 1. The van der Waals surface area contributed by atoms with Gasteiger partial charge in [-0.2, -0.15) is 0 Å². The quantitative estimate of drug-likeness (QED) is 0.230. The number of allylic oxidation sites excluding steroid dienone is 1. The summed E-state index contributed by atoms with van der Waals surface area (Å²) in [4.78, 5) is 47.8. The summed E-state index contributed by atoms with van der Waals surface area (Å²) < 4.78 is 30.3. The smallest absolute Gasteiger partial charge is 0.243 e. The van der Waals surface area contributed by atoms with Crippen molar-refractivity contribution in [2.45, 2.75) is 45.6 Å². The van der Waals surface area contributed by atoms with Crippen molar-refractivity contribution in [1.29, 1.82) is 0 Å². The summed E-state index contributed by atoms with van der Waals surface area (Å²) in [5.41, 5.74) is 2.14. The third kappa shape index (κ3) is 6.81. The molecule has 0 unspecified atom stereocenters. The Hall–Kier alpha value is -4.62. The monoisotopic (exact) mass is 591 g/mol. The predicted octanol–water partition coefficient (Wildman–Crippen LogP) is 4.88. The van der Waals surface area contributed by atoms with E-state index in [0.29, 0.717) is 27.7 Å². The van der Waals surface area contributed by atoms with Crippen molar-refractivity contribution in [3.63, 3.8) is 0 Å². The second kappa shape index (κ2) is 13.4. The van der Waals surface area contributed by atoms with Crippen LogP contribution in [0.25, 0.3) is 10.9 Å². The van der Waals surface area contributed by atoms with Crippen LogP contribution in [-0.2, 0) is 22.7 Å². The molecule has 42 heavy (non-hydrogen) atoms. The highest BCUT2D eigenvalue weighted by Gasteiger charge is 2.39. The number of nitrogens with one attached hydrogen (secondary N) is 1. The number of aliphatic imine (C=N–C) groups is 2. The number of aromatic nitrogens is 1. The van der Waals surface area contributed by atoms with Crippen molar-refractivity contribution in [2.75, 3.05) is 6.54 Å². The molecule has 0 radical (unpaired) electrons. The van der Waals surface area contributed by atoms with Gasteiger partial charge in [-0.1, -0.05) is 29.7 Å². The first kappa shape index (κ1) is 30.3. The molecule has 1 N–H and O–H groups in total. The summed E-state index contributed by atoms with van der Waals surface area (Å²) >= 11 is 5.81. The summed E-state index contributed by atoms with van der Waals surface area (Å²) in [5, 5.41) is 3.09. The fourth-order valence-corrected chi connectivity index (χ4v) is 4.90. The zero-order valence-corrected chi connectivity index (χ0v) is 23.8. The standard InChI is InChI=1S/C31H28ClF2N5O3/c1-4-36-15-23(35-3)10-8-20-9-11-27-24(12-20)25(19(2)40)17-38(27)18-29(41)39-16-22(33)13-28(39)31(42)37-14-21-6-5-7-26(32)30(21)34/h4-7,9,11-12,15,17,22,28H,3,13-14,16,18H2,1-2H3,(H,37,42)/b23-15-,36-4-/t22-,28+/m1/s1. The zero-order chi connectivity index (χ0) is 30.4. The largest absolute Gasteiger partial charge is 0.350 e. The number of amides is 2. The number of ketones is 1. The van der Waals surface area contributed by atoms with Gasteiger partial charge in [0.25, 0.3) is 0 Å². The van der Waals surface area contributed by atoms with Crippen LogP contribution in [0.4, 0.5) is 8.78 Å². The molecule has 1 aliphatic heterocycles. The van der Waals surface area contributed by atoms with Crippen LogP contribution in [-0.4, -0.2) is 58.8 Å². The first-order valence-electron chi connectivity index (χ1n) is 13.1. The minimum atomic E-state index is -1.39. The lowest BCUT2D eigenvalue weighted by molar-refractivity contribution is -0.139. The third-order valence-corrected chi connectivity index (χ3v) is 7.07. The Balaban J connectivity index is 1.55. The van der Waals surface area contributed by atoms with E-state index >= 15 is 0 Å². The Labute approximate surface area is 246 Å². The second-order valence-electron chi connectivity index (χ2n) is 9.61. The van der Waals surface area contributed by atoms with E-state index in [4.69, 9.17) is 11.6 Å². The van der Waals surface area contributed by atoms with Crippen molar-refractivity contribution in [3.8, 4) is 11.8 Å². The van der Waals surface area contributed by atoms with Gasteiger partial charge in [0.05, 0.1) is 17.8 Å². The van der Waals surface area contributed by atoms with Gasteiger partial charge in [0, 0.05) is 53.0 Å². The van der Waals surface area contributed by atoms with Crippen LogP contribution in [0, 0.1) is 17.7 Å². The molecule has 2 heterocycles. The van der Waals surface area contributed by atoms with E-state index in [1.165, 1.54) is 30.2 Å². The van der Waals surface area contributed by atoms with Crippen LogP contribution in [0.1, 0.15) is 41.8 Å². The van der Waals surface area contributed by atoms with Gasteiger partial charge in [0.2, 0.25) is 11.8 Å². The number of alkyl halides is 1. The van der Waals surface area contributed by atoms with E-state index in [0.717, 1.165) is 0 Å². The predicted molar refractivity (Wildman–Crippen MR) is 159 cm³/mol. The lowest BCUT2D eigenvalue weighted by atomic mass is 10.1. The van der Waals surface area contributed by atoms with Gasteiger partial charge in [-0.25, -0.2) is 8.78 Å². The molecule has 0 saturated carbocycles. The average Bonchev–Trinajstić information content (AvgIpc) is 3.54. The number of hydrogen-bond donors (Lipinski definition) is 1. The number of Topliss-reactive ketones (excluding diaryl/α,β-unsaturated/α-hetero) is 1. The number of hydrogen-bond acceptors (Lipinski definition) is 5. The van der Waals surface area contributed by atoms with Crippen molar-refractivity contribution in [1.82, 2.24) is 14.8 Å². The van der Waals surface area contributed by atoms with E-state index < -0.39 is 29.8 Å². The minimum Gasteiger partial charge on any atom is -0.350 e. The summed E-state index contributed by atoms with van der Waals surface area (Å²) in [6.07, 6.45) is 3.06. The maximum atomic E-state index is 14.5.